The second kappa shape index (κ2) is 9.42. The quantitative estimate of drug-likeness (QED) is 0.747. The molecule has 0 aliphatic rings. The van der Waals surface area contributed by atoms with Gasteiger partial charge in [-0.2, -0.15) is 0 Å². The van der Waals surface area contributed by atoms with Gasteiger partial charge in [0.1, 0.15) is 0 Å². The molecule has 0 unspecified atom stereocenters. The van der Waals surface area contributed by atoms with Crippen LogP contribution < -0.4 is 5.32 Å². The average molecular weight is 341 g/mol. The second-order valence-corrected chi connectivity index (χ2v) is 5.63. The Morgan fingerprint density at radius 3 is 2.60 bits per heavy atom. The summed E-state index contributed by atoms with van der Waals surface area (Å²) in [4.78, 5) is 29.6. The number of ether oxygens (including phenoxy) is 1. The van der Waals surface area contributed by atoms with E-state index in [-0.39, 0.29) is 5.91 Å². The first-order chi connectivity index (χ1) is 12.1. The molecule has 2 aromatic rings. The van der Waals surface area contributed by atoms with Crippen LogP contribution in [0.4, 0.5) is 5.69 Å². The van der Waals surface area contributed by atoms with Crippen LogP contribution in [0, 0.1) is 0 Å². The molecule has 0 fully saturated rings. The minimum absolute atomic E-state index is 0.0529. The topological polar surface area (TPSA) is 71.5 Å². The molecule has 6 nitrogen and oxygen atoms in total. The number of aromatic nitrogens is 1. The van der Waals surface area contributed by atoms with Crippen LogP contribution in [0.15, 0.2) is 48.8 Å². The van der Waals surface area contributed by atoms with Crippen LogP contribution >= 0.6 is 0 Å². The fraction of sp³-hybridized carbons (Fsp3) is 0.316. The molecule has 132 valence electrons. The summed E-state index contributed by atoms with van der Waals surface area (Å²) in [5, 5.41) is 3.13. The Kier molecular flexibility index (Phi) is 6.95. The highest BCUT2D eigenvalue weighted by Gasteiger charge is 2.12. The third kappa shape index (κ3) is 5.60. The first-order valence-electron chi connectivity index (χ1n) is 8.16. The Bertz CT molecular complexity index is 704. The van der Waals surface area contributed by atoms with E-state index in [1.807, 2.05) is 18.2 Å². The normalized spacial score (nSPS) is 10.2. The molecule has 0 aliphatic carbocycles. The number of anilines is 1. The van der Waals surface area contributed by atoms with Gasteiger partial charge in [0.25, 0.3) is 0 Å². The molecule has 1 amide bonds. The maximum atomic E-state index is 12.2. The summed E-state index contributed by atoms with van der Waals surface area (Å²) in [6.45, 7) is 1.11. The van der Waals surface area contributed by atoms with Crippen molar-refractivity contribution >= 4 is 17.6 Å². The minimum Gasteiger partial charge on any atom is -0.465 e. The Labute approximate surface area is 147 Å². The number of pyridine rings is 1. The number of hydrogen-bond donors (Lipinski definition) is 1. The molecule has 0 spiro atoms. The molecular formula is C19H23N3O3. The van der Waals surface area contributed by atoms with Gasteiger partial charge in [0.15, 0.2) is 0 Å². The van der Waals surface area contributed by atoms with E-state index < -0.39 is 5.97 Å². The van der Waals surface area contributed by atoms with Gasteiger partial charge >= 0.3 is 5.97 Å². The van der Waals surface area contributed by atoms with Crippen LogP contribution in [-0.4, -0.2) is 49.0 Å². The first-order valence-corrected chi connectivity index (χ1v) is 8.16. The fourth-order valence-electron chi connectivity index (χ4n) is 2.39. The SMILES string of the molecule is COC(=O)c1ccccc1NCCC(=O)N(C)CCc1ccncc1. The molecule has 0 saturated heterocycles. The predicted octanol–water partition coefficient (Wildman–Crippen LogP) is 2.37. The zero-order valence-electron chi connectivity index (χ0n) is 14.6. The Morgan fingerprint density at radius 2 is 1.88 bits per heavy atom. The fourth-order valence-corrected chi connectivity index (χ4v) is 2.39. The van der Waals surface area contributed by atoms with E-state index in [1.165, 1.54) is 7.11 Å². The van der Waals surface area contributed by atoms with Crippen molar-refractivity contribution in [2.24, 2.45) is 0 Å². The Hall–Kier alpha value is -2.89. The van der Waals surface area contributed by atoms with E-state index in [0.717, 1.165) is 12.0 Å². The molecule has 2 rings (SSSR count). The van der Waals surface area contributed by atoms with Crippen molar-refractivity contribution in [2.75, 3.05) is 32.6 Å². The minimum atomic E-state index is -0.399. The molecular weight excluding hydrogens is 318 g/mol. The van der Waals surface area contributed by atoms with Crippen LogP contribution in [0.2, 0.25) is 0 Å². The zero-order chi connectivity index (χ0) is 18.1. The van der Waals surface area contributed by atoms with Crippen molar-refractivity contribution < 1.29 is 14.3 Å². The monoisotopic (exact) mass is 341 g/mol. The summed E-state index contributed by atoms with van der Waals surface area (Å²) in [5.74, 6) is -0.346. The van der Waals surface area contributed by atoms with E-state index in [2.05, 4.69) is 10.3 Å². The van der Waals surface area contributed by atoms with Gasteiger partial charge < -0.3 is 15.0 Å². The van der Waals surface area contributed by atoms with Gasteiger partial charge in [-0.05, 0) is 36.2 Å². The third-order valence-corrected chi connectivity index (χ3v) is 3.90. The van der Waals surface area contributed by atoms with E-state index in [1.54, 1.807) is 42.5 Å². The molecule has 1 heterocycles. The Balaban J connectivity index is 1.79. The number of amides is 1. The number of para-hydroxylation sites is 1. The average Bonchev–Trinajstić information content (AvgIpc) is 2.66. The summed E-state index contributed by atoms with van der Waals surface area (Å²) >= 11 is 0. The number of carbonyl (C=O) groups is 2. The van der Waals surface area contributed by atoms with Gasteiger partial charge in [-0.3, -0.25) is 9.78 Å². The smallest absolute Gasteiger partial charge is 0.339 e. The van der Waals surface area contributed by atoms with Gasteiger partial charge in [-0.25, -0.2) is 4.79 Å². The van der Waals surface area contributed by atoms with E-state index in [0.29, 0.717) is 30.8 Å². The number of methoxy groups -OCH3 is 1. The maximum absolute atomic E-state index is 12.2. The summed E-state index contributed by atoms with van der Waals surface area (Å²) in [5.41, 5.74) is 2.28. The van der Waals surface area contributed by atoms with Gasteiger partial charge in [0.2, 0.25) is 5.91 Å². The number of likely N-dealkylation sites (N-methyl/N-ethyl adjacent to an activating group) is 1. The predicted molar refractivity (Wildman–Crippen MR) is 96.5 cm³/mol. The molecule has 0 radical (unpaired) electrons. The lowest BCUT2D eigenvalue weighted by Crippen LogP contribution is -2.30. The molecule has 1 aromatic carbocycles. The van der Waals surface area contributed by atoms with E-state index in [4.69, 9.17) is 4.74 Å². The Morgan fingerprint density at radius 1 is 1.16 bits per heavy atom. The van der Waals surface area contributed by atoms with Gasteiger partial charge in [0, 0.05) is 44.6 Å². The molecule has 0 bridgehead atoms. The largest absolute Gasteiger partial charge is 0.465 e. The highest BCUT2D eigenvalue weighted by molar-refractivity contribution is 5.95. The maximum Gasteiger partial charge on any atom is 0.339 e. The summed E-state index contributed by atoms with van der Waals surface area (Å²) < 4.78 is 4.76. The number of esters is 1. The lowest BCUT2D eigenvalue weighted by molar-refractivity contribution is -0.129. The third-order valence-electron chi connectivity index (χ3n) is 3.90. The van der Waals surface area contributed by atoms with Crippen LogP contribution in [0.1, 0.15) is 22.3 Å². The number of nitrogens with one attached hydrogen (secondary N) is 1. The van der Waals surface area contributed by atoms with Gasteiger partial charge in [0.05, 0.1) is 12.7 Å². The second-order valence-electron chi connectivity index (χ2n) is 5.63. The van der Waals surface area contributed by atoms with Crippen molar-refractivity contribution in [1.82, 2.24) is 9.88 Å². The van der Waals surface area contributed by atoms with E-state index >= 15 is 0 Å². The van der Waals surface area contributed by atoms with Gasteiger partial charge in [-0.15, -0.1) is 0 Å². The molecule has 0 atom stereocenters. The van der Waals surface area contributed by atoms with Gasteiger partial charge in [-0.1, -0.05) is 12.1 Å². The number of rotatable bonds is 8. The molecule has 25 heavy (non-hydrogen) atoms. The highest BCUT2D eigenvalue weighted by Crippen LogP contribution is 2.15. The standard InChI is InChI=1S/C19H23N3O3/c1-22(14-10-15-7-11-20-12-8-15)18(23)9-13-21-17-6-4-3-5-16(17)19(24)25-2/h3-8,11-12,21H,9-10,13-14H2,1-2H3. The molecule has 1 aromatic heterocycles. The van der Waals surface area contributed by atoms with Crippen LogP contribution in [-0.2, 0) is 16.0 Å². The highest BCUT2D eigenvalue weighted by atomic mass is 16.5. The van der Waals surface area contributed by atoms with Crippen molar-refractivity contribution in [3.05, 3.63) is 59.9 Å². The number of nitrogens with zero attached hydrogens (tertiary/aromatic N) is 2. The summed E-state index contributed by atoms with van der Waals surface area (Å²) in [6.07, 6.45) is 4.64. The van der Waals surface area contributed by atoms with Crippen molar-refractivity contribution in [1.29, 1.82) is 0 Å². The van der Waals surface area contributed by atoms with E-state index in [9.17, 15) is 9.59 Å². The van der Waals surface area contributed by atoms with Crippen LogP contribution in [0.25, 0.3) is 0 Å². The lowest BCUT2D eigenvalue weighted by atomic mass is 10.1. The van der Waals surface area contributed by atoms with Crippen molar-refractivity contribution in [2.45, 2.75) is 12.8 Å². The zero-order valence-corrected chi connectivity index (χ0v) is 14.6. The molecule has 6 heteroatoms. The van der Waals surface area contributed by atoms with Crippen LogP contribution in [0.5, 0.6) is 0 Å². The van der Waals surface area contributed by atoms with Crippen molar-refractivity contribution in [3.63, 3.8) is 0 Å². The number of hydrogen-bond acceptors (Lipinski definition) is 5. The van der Waals surface area contributed by atoms with Crippen LogP contribution in [0.3, 0.4) is 0 Å². The summed E-state index contributed by atoms with van der Waals surface area (Å²) in [6, 6.07) is 11.0. The van der Waals surface area contributed by atoms with Crippen molar-refractivity contribution in [3.8, 4) is 0 Å². The molecule has 0 aliphatic heterocycles. The molecule has 0 saturated carbocycles. The first kappa shape index (κ1) is 18.4. The molecule has 1 N–H and O–H groups in total. The number of benzene rings is 1. The summed E-state index contributed by atoms with van der Waals surface area (Å²) in [7, 11) is 3.15. The lowest BCUT2D eigenvalue weighted by Gasteiger charge is -2.18. The number of carbonyl (C=O) groups excluding carboxylic acids is 2.